The van der Waals surface area contributed by atoms with Crippen LogP contribution in [0.3, 0.4) is 0 Å². The molecular formula is C29H38O3. The Bertz CT molecular complexity index is 806. The molecule has 0 unspecified atom stereocenters. The van der Waals surface area contributed by atoms with Gasteiger partial charge in [0.1, 0.15) is 17.3 Å². The number of carbonyl (C=O) groups is 1. The second kappa shape index (κ2) is 11.0. The molecule has 0 radical (unpaired) electrons. The van der Waals surface area contributed by atoms with Crippen LogP contribution in [0.4, 0.5) is 0 Å². The average molecular weight is 435 g/mol. The summed E-state index contributed by atoms with van der Waals surface area (Å²) in [5.74, 6) is 3.89. The molecule has 0 spiro atoms. The average Bonchev–Trinajstić information content (AvgIpc) is 3.56. The standard InChI is InChI=1S/C29H38O3/c1-31-28-17-9-7-15-24(28)26(21-11-3-4-12-21)19-23(30)20-27(22-13-5-6-14-22)25-16-8-10-18-29(25)32-2/h7-10,15-18,21-22,26-27H,3-6,11-14,19-20H2,1-2H3/t26-,27-/m1/s1. The van der Waals surface area contributed by atoms with E-state index >= 15 is 0 Å². The van der Waals surface area contributed by atoms with Crippen LogP contribution in [-0.2, 0) is 4.79 Å². The Morgan fingerprint density at radius 2 is 1.09 bits per heavy atom. The molecule has 0 saturated heterocycles. The van der Waals surface area contributed by atoms with E-state index in [4.69, 9.17) is 9.47 Å². The Kier molecular flexibility index (Phi) is 7.89. The second-order valence-electron chi connectivity index (χ2n) is 9.73. The highest BCUT2D eigenvalue weighted by Gasteiger charge is 2.34. The van der Waals surface area contributed by atoms with Crippen LogP contribution >= 0.6 is 0 Å². The lowest BCUT2D eigenvalue weighted by Crippen LogP contribution is -2.20. The van der Waals surface area contributed by atoms with E-state index in [1.54, 1.807) is 14.2 Å². The molecule has 2 atom stereocenters. The minimum atomic E-state index is 0.253. The van der Waals surface area contributed by atoms with Gasteiger partial charge in [0.15, 0.2) is 0 Å². The third-order valence-electron chi connectivity index (χ3n) is 7.91. The van der Waals surface area contributed by atoms with Crippen molar-refractivity contribution in [1.82, 2.24) is 0 Å². The molecule has 172 valence electrons. The summed E-state index contributed by atoms with van der Waals surface area (Å²) in [7, 11) is 3.48. The number of hydrogen-bond donors (Lipinski definition) is 0. The van der Waals surface area contributed by atoms with Crippen molar-refractivity contribution in [2.45, 2.75) is 76.0 Å². The zero-order valence-electron chi connectivity index (χ0n) is 19.7. The van der Waals surface area contributed by atoms with E-state index in [1.807, 2.05) is 24.3 Å². The number of Topliss-reactive ketones (excluding diaryl/α,β-unsaturated/α-hetero) is 1. The molecule has 3 heteroatoms. The summed E-state index contributed by atoms with van der Waals surface area (Å²) in [5.41, 5.74) is 2.43. The molecule has 2 saturated carbocycles. The van der Waals surface area contributed by atoms with Crippen molar-refractivity contribution in [2.24, 2.45) is 11.8 Å². The fourth-order valence-electron chi connectivity index (χ4n) is 6.30. The summed E-state index contributed by atoms with van der Waals surface area (Å²) in [6, 6.07) is 16.6. The number of methoxy groups -OCH3 is 2. The van der Waals surface area contributed by atoms with Gasteiger partial charge in [-0.3, -0.25) is 4.79 Å². The molecule has 2 aromatic carbocycles. The molecule has 0 aromatic heterocycles. The van der Waals surface area contributed by atoms with Gasteiger partial charge in [-0.25, -0.2) is 0 Å². The Morgan fingerprint density at radius 3 is 1.47 bits per heavy atom. The van der Waals surface area contributed by atoms with Crippen molar-refractivity contribution in [1.29, 1.82) is 0 Å². The van der Waals surface area contributed by atoms with E-state index in [0.717, 1.165) is 11.5 Å². The minimum Gasteiger partial charge on any atom is -0.496 e. The van der Waals surface area contributed by atoms with Crippen molar-refractivity contribution < 1.29 is 14.3 Å². The molecule has 0 bridgehead atoms. The SMILES string of the molecule is COc1ccccc1[C@H](CC(=O)C[C@@H](c1ccccc1OC)C1CCCC1)C1CCCC1. The van der Waals surface area contributed by atoms with Gasteiger partial charge in [0.25, 0.3) is 0 Å². The molecule has 2 fully saturated rings. The van der Waals surface area contributed by atoms with Crippen molar-refractivity contribution in [2.75, 3.05) is 14.2 Å². The summed E-state index contributed by atoms with van der Waals surface area (Å²) < 4.78 is 11.4. The van der Waals surface area contributed by atoms with Gasteiger partial charge in [-0.2, -0.15) is 0 Å². The van der Waals surface area contributed by atoms with Gasteiger partial charge in [-0.15, -0.1) is 0 Å². The Labute approximate surface area is 193 Å². The van der Waals surface area contributed by atoms with Crippen LogP contribution in [0.5, 0.6) is 11.5 Å². The summed E-state index contributed by atoms with van der Waals surface area (Å²) in [6.45, 7) is 0. The maximum atomic E-state index is 13.6. The second-order valence-corrected chi connectivity index (χ2v) is 9.73. The lowest BCUT2D eigenvalue weighted by molar-refractivity contribution is -0.120. The number of hydrogen-bond acceptors (Lipinski definition) is 3. The molecule has 0 amide bonds. The summed E-state index contributed by atoms with van der Waals surface area (Å²) in [6.07, 6.45) is 11.2. The predicted octanol–water partition coefficient (Wildman–Crippen LogP) is 7.30. The zero-order chi connectivity index (χ0) is 22.3. The van der Waals surface area contributed by atoms with Crippen LogP contribution in [0.2, 0.25) is 0 Å². The predicted molar refractivity (Wildman–Crippen MR) is 130 cm³/mol. The van der Waals surface area contributed by atoms with Crippen LogP contribution in [0, 0.1) is 11.8 Å². The molecular weight excluding hydrogens is 396 g/mol. The number of para-hydroxylation sites is 2. The van der Waals surface area contributed by atoms with E-state index in [1.165, 1.54) is 62.5 Å². The smallest absolute Gasteiger partial charge is 0.134 e. The normalized spacial score (nSPS) is 19.1. The van der Waals surface area contributed by atoms with Gasteiger partial charge in [0.05, 0.1) is 14.2 Å². The van der Waals surface area contributed by atoms with Crippen LogP contribution in [0.15, 0.2) is 48.5 Å². The van der Waals surface area contributed by atoms with E-state index < -0.39 is 0 Å². The molecule has 2 aromatic rings. The molecule has 4 rings (SSSR count). The first-order chi connectivity index (χ1) is 15.7. The first-order valence-electron chi connectivity index (χ1n) is 12.5. The Morgan fingerprint density at radius 1 is 0.719 bits per heavy atom. The highest BCUT2D eigenvalue weighted by Crippen LogP contribution is 2.45. The summed E-state index contributed by atoms with van der Waals surface area (Å²) in [4.78, 5) is 13.6. The molecule has 32 heavy (non-hydrogen) atoms. The van der Waals surface area contributed by atoms with E-state index in [2.05, 4.69) is 24.3 Å². The Hall–Kier alpha value is -2.29. The van der Waals surface area contributed by atoms with Gasteiger partial charge in [0, 0.05) is 12.8 Å². The van der Waals surface area contributed by atoms with Crippen LogP contribution < -0.4 is 9.47 Å². The van der Waals surface area contributed by atoms with Gasteiger partial charge >= 0.3 is 0 Å². The monoisotopic (exact) mass is 434 g/mol. The molecule has 3 nitrogen and oxygen atoms in total. The lowest BCUT2D eigenvalue weighted by Gasteiger charge is -2.28. The molecule has 2 aliphatic carbocycles. The number of ether oxygens (including phenoxy) is 2. The van der Waals surface area contributed by atoms with Crippen LogP contribution in [0.25, 0.3) is 0 Å². The van der Waals surface area contributed by atoms with Crippen molar-refractivity contribution in [3.8, 4) is 11.5 Å². The van der Waals surface area contributed by atoms with Gasteiger partial charge in [0.2, 0.25) is 0 Å². The molecule has 2 aliphatic rings. The van der Waals surface area contributed by atoms with Crippen LogP contribution in [-0.4, -0.2) is 20.0 Å². The first-order valence-corrected chi connectivity index (χ1v) is 12.5. The quantitative estimate of drug-likeness (QED) is 0.393. The van der Waals surface area contributed by atoms with Crippen molar-refractivity contribution >= 4 is 5.78 Å². The highest BCUT2D eigenvalue weighted by molar-refractivity contribution is 5.80. The fraction of sp³-hybridized carbons (Fsp3) is 0.552. The summed E-state index contributed by atoms with van der Waals surface area (Å²) in [5, 5.41) is 0. The number of rotatable bonds is 10. The minimum absolute atomic E-state index is 0.253. The van der Waals surface area contributed by atoms with Gasteiger partial charge in [-0.05, 0) is 72.6 Å². The van der Waals surface area contributed by atoms with E-state index in [9.17, 15) is 4.79 Å². The first kappa shape index (κ1) is 22.9. The lowest BCUT2D eigenvalue weighted by atomic mass is 9.76. The number of ketones is 1. The van der Waals surface area contributed by atoms with Crippen molar-refractivity contribution in [3.63, 3.8) is 0 Å². The van der Waals surface area contributed by atoms with Gasteiger partial charge in [-0.1, -0.05) is 62.1 Å². The Balaban J connectivity index is 1.57. The van der Waals surface area contributed by atoms with Crippen molar-refractivity contribution in [3.05, 3.63) is 59.7 Å². The largest absolute Gasteiger partial charge is 0.496 e. The molecule has 0 N–H and O–H groups in total. The third kappa shape index (κ3) is 5.19. The number of carbonyl (C=O) groups excluding carboxylic acids is 1. The highest BCUT2D eigenvalue weighted by atomic mass is 16.5. The maximum absolute atomic E-state index is 13.6. The fourth-order valence-corrected chi connectivity index (χ4v) is 6.30. The zero-order valence-corrected chi connectivity index (χ0v) is 19.7. The number of benzene rings is 2. The summed E-state index contributed by atoms with van der Waals surface area (Å²) >= 11 is 0. The third-order valence-corrected chi connectivity index (χ3v) is 7.91. The molecule has 0 aliphatic heterocycles. The maximum Gasteiger partial charge on any atom is 0.134 e. The van der Waals surface area contributed by atoms with Crippen LogP contribution in [0.1, 0.15) is 87.2 Å². The van der Waals surface area contributed by atoms with Gasteiger partial charge < -0.3 is 9.47 Å². The van der Waals surface area contributed by atoms with E-state index in [0.29, 0.717) is 30.5 Å². The topological polar surface area (TPSA) is 35.5 Å². The van der Waals surface area contributed by atoms with E-state index in [-0.39, 0.29) is 11.8 Å². The molecule has 0 heterocycles.